The smallest absolute Gasteiger partial charge is 0.111 e. The maximum atomic E-state index is 11.2. The summed E-state index contributed by atoms with van der Waals surface area (Å²) in [7, 11) is 4.12. The minimum Gasteiger partial charge on any atom is -0.474 e. The zero-order chi connectivity index (χ0) is 21.0. The summed E-state index contributed by atoms with van der Waals surface area (Å²) in [4.78, 5) is 4.65. The maximum Gasteiger partial charge on any atom is 0.111 e. The summed E-state index contributed by atoms with van der Waals surface area (Å²) in [6.07, 6.45) is 5.55. The van der Waals surface area contributed by atoms with Crippen LogP contribution in [0.2, 0.25) is 0 Å². The molecule has 1 saturated heterocycles. The van der Waals surface area contributed by atoms with Crippen molar-refractivity contribution in [3.05, 3.63) is 7.05 Å². The van der Waals surface area contributed by atoms with Gasteiger partial charge in [-0.1, -0.05) is 0 Å². The van der Waals surface area contributed by atoms with Gasteiger partial charge in [0.1, 0.15) is 5.60 Å². The van der Waals surface area contributed by atoms with E-state index in [0.717, 1.165) is 38.5 Å². The summed E-state index contributed by atoms with van der Waals surface area (Å²) in [6.45, 7) is 10.6. The van der Waals surface area contributed by atoms with Crippen molar-refractivity contribution in [3.8, 4) is 0 Å². The third kappa shape index (κ3) is 3.72. The van der Waals surface area contributed by atoms with E-state index in [-0.39, 0.29) is 34.1 Å². The third-order valence-electron chi connectivity index (χ3n) is 8.27. The number of fused-ring (bicyclic) bond motifs is 1. The Morgan fingerprint density at radius 1 is 1.11 bits per heavy atom. The molecule has 0 spiro atoms. The van der Waals surface area contributed by atoms with Gasteiger partial charge in [0.05, 0.1) is 33.3 Å². The van der Waals surface area contributed by atoms with Gasteiger partial charge in [0.25, 0.3) is 0 Å². The molecule has 0 amide bonds. The van der Waals surface area contributed by atoms with Crippen LogP contribution >= 0.6 is 23.8 Å². The molecule has 3 N–H and O–H groups in total. The summed E-state index contributed by atoms with van der Waals surface area (Å²) in [5, 5.41) is 15.9. The minimum atomic E-state index is -0.754. The molecule has 6 heteroatoms. The molecule has 0 aromatic carbocycles. The molecule has 3 aliphatic rings. The van der Waals surface area contributed by atoms with Crippen molar-refractivity contribution >= 4 is 29.0 Å². The molecule has 3 rings (SSSR count). The summed E-state index contributed by atoms with van der Waals surface area (Å²) in [5.74, 6) is 0.908. The Hall–Kier alpha value is -0.0300. The van der Waals surface area contributed by atoms with Crippen LogP contribution < -0.4 is 5.32 Å². The Bertz CT molecular complexity index is 650. The third-order valence-corrected chi connectivity index (χ3v) is 9.10. The SMILES string of the molecule is [CH2-][NH2+][C@@H]1[C@@H]2[C@@H]([C@@]3(C)CC[C@@H](Cl)C(C)(C)O3)CC[C@](C)(N=C=S)[C@H]2CC[C@@]1(C)O. The van der Waals surface area contributed by atoms with Crippen LogP contribution in [0.25, 0.3) is 0 Å². The highest BCUT2D eigenvalue weighted by molar-refractivity contribution is 7.78. The minimum absolute atomic E-state index is 0.00783. The van der Waals surface area contributed by atoms with E-state index < -0.39 is 5.60 Å². The summed E-state index contributed by atoms with van der Waals surface area (Å²) in [5.41, 5.74) is -1.61. The fourth-order valence-corrected chi connectivity index (χ4v) is 7.02. The van der Waals surface area contributed by atoms with E-state index in [9.17, 15) is 5.11 Å². The average Bonchev–Trinajstić information content (AvgIpc) is 2.57. The quantitative estimate of drug-likeness (QED) is 0.312. The highest BCUT2D eigenvalue weighted by atomic mass is 35.5. The van der Waals surface area contributed by atoms with Crippen molar-refractivity contribution < 1.29 is 15.2 Å². The highest BCUT2D eigenvalue weighted by Crippen LogP contribution is 2.57. The molecule has 1 heterocycles. The van der Waals surface area contributed by atoms with Crippen molar-refractivity contribution in [2.45, 2.75) is 107 Å². The van der Waals surface area contributed by atoms with Gasteiger partial charge in [-0.3, -0.25) is 0 Å². The number of nitrogens with two attached hydrogens (primary N) is 1. The van der Waals surface area contributed by atoms with Crippen molar-refractivity contribution in [1.29, 1.82) is 0 Å². The van der Waals surface area contributed by atoms with Crippen LogP contribution in [-0.2, 0) is 4.74 Å². The van der Waals surface area contributed by atoms with Crippen molar-refractivity contribution in [1.82, 2.24) is 0 Å². The number of alkyl halides is 1. The molecule has 0 unspecified atom stereocenters. The molecule has 160 valence electrons. The lowest BCUT2D eigenvalue weighted by molar-refractivity contribution is -0.666. The first-order chi connectivity index (χ1) is 12.9. The molecule has 0 aromatic rings. The van der Waals surface area contributed by atoms with Gasteiger partial charge in [-0.15, -0.1) is 11.6 Å². The van der Waals surface area contributed by atoms with E-state index in [4.69, 9.17) is 28.6 Å². The average molecular weight is 429 g/mol. The Balaban J connectivity index is 2.03. The van der Waals surface area contributed by atoms with Crippen LogP contribution in [0.5, 0.6) is 0 Å². The second-order valence-electron chi connectivity index (χ2n) is 10.6. The maximum absolute atomic E-state index is 11.2. The largest absolute Gasteiger partial charge is 0.474 e. The first-order valence-electron chi connectivity index (χ1n) is 10.7. The van der Waals surface area contributed by atoms with Crippen molar-refractivity contribution in [2.75, 3.05) is 0 Å². The van der Waals surface area contributed by atoms with E-state index in [1.165, 1.54) is 0 Å². The molecular formula is C22H37ClN2O2S. The van der Waals surface area contributed by atoms with Crippen molar-refractivity contribution in [3.63, 3.8) is 0 Å². The second kappa shape index (κ2) is 7.59. The number of aliphatic imine (C=N–C) groups is 1. The molecule has 8 atom stereocenters. The van der Waals surface area contributed by atoms with E-state index in [2.05, 4.69) is 44.9 Å². The molecule has 4 nitrogen and oxygen atoms in total. The number of thiocarbonyl (C=S) groups is 1. The van der Waals surface area contributed by atoms with E-state index >= 15 is 0 Å². The second-order valence-corrected chi connectivity index (χ2v) is 11.3. The van der Waals surface area contributed by atoms with Gasteiger partial charge < -0.3 is 15.2 Å². The van der Waals surface area contributed by atoms with Crippen LogP contribution in [0.4, 0.5) is 0 Å². The number of hydrogen-bond acceptors (Lipinski definition) is 4. The molecule has 0 aromatic heterocycles. The summed E-state index contributed by atoms with van der Waals surface area (Å²) in [6, 6.07) is 0.00783. The number of hydrogen-bond donors (Lipinski definition) is 2. The number of aliphatic hydroxyl groups is 1. The Kier molecular flexibility index (Phi) is 6.14. The molecule has 1 aliphatic heterocycles. The Morgan fingerprint density at radius 3 is 2.32 bits per heavy atom. The van der Waals surface area contributed by atoms with E-state index in [1.807, 2.05) is 12.2 Å². The fraction of sp³-hybridized carbons (Fsp3) is 0.909. The Labute approximate surface area is 180 Å². The predicted octanol–water partition coefficient (Wildman–Crippen LogP) is 3.71. The van der Waals surface area contributed by atoms with E-state index in [0.29, 0.717) is 11.8 Å². The zero-order valence-electron chi connectivity index (χ0n) is 18.0. The first-order valence-corrected chi connectivity index (χ1v) is 11.5. The van der Waals surface area contributed by atoms with Crippen LogP contribution in [-0.4, -0.2) is 44.0 Å². The van der Waals surface area contributed by atoms with E-state index in [1.54, 1.807) is 0 Å². The molecule has 28 heavy (non-hydrogen) atoms. The fourth-order valence-electron chi connectivity index (χ4n) is 6.66. The first kappa shape index (κ1) is 22.7. The van der Waals surface area contributed by atoms with Gasteiger partial charge in [-0.05, 0) is 97.2 Å². The van der Waals surface area contributed by atoms with Gasteiger partial charge in [-0.2, -0.15) is 7.05 Å². The Morgan fingerprint density at radius 2 is 1.75 bits per heavy atom. The predicted molar refractivity (Wildman–Crippen MR) is 117 cm³/mol. The van der Waals surface area contributed by atoms with Crippen LogP contribution in [0.15, 0.2) is 4.99 Å². The topological polar surface area (TPSA) is 58.4 Å². The molecule has 3 fully saturated rings. The van der Waals surface area contributed by atoms with Crippen LogP contribution in [0, 0.1) is 24.8 Å². The molecule has 0 radical (unpaired) electrons. The number of quaternary nitrogens is 1. The van der Waals surface area contributed by atoms with Crippen LogP contribution in [0.3, 0.4) is 0 Å². The zero-order valence-corrected chi connectivity index (χ0v) is 19.6. The molecular weight excluding hydrogens is 392 g/mol. The molecule has 0 bridgehead atoms. The monoisotopic (exact) mass is 428 g/mol. The molecule has 2 aliphatic carbocycles. The highest BCUT2D eigenvalue weighted by Gasteiger charge is 2.62. The lowest BCUT2D eigenvalue weighted by atomic mass is 9.51. The van der Waals surface area contributed by atoms with Gasteiger partial charge in [0, 0.05) is 5.92 Å². The summed E-state index contributed by atoms with van der Waals surface area (Å²) >= 11 is 11.6. The lowest BCUT2D eigenvalue weighted by Gasteiger charge is -2.60. The van der Waals surface area contributed by atoms with Gasteiger partial charge in [0.2, 0.25) is 0 Å². The van der Waals surface area contributed by atoms with Gasteiger partial charge in [0.15, 0.2) is 0 Å². The standard InChI is InChI=1S/C22H37ClN2O2S/c1-19(2)16(23)9-12-22(5,27-19)15-7-10-20(3,25-13-28)14-8-11-21(4,26)18(24-6)17(14)15/h14-18,26H,6-12,24H2,1-5H3/t14-,15-,16+,17-,18+,20-,21+,22+/m0/s1. The van der Waals surface area contributed by atoms with Gasteiger partial charge in [-0.25, -0.2) is 4.99 Å². The van der Waals surface area contributed by atoms with Crippen LogP contribution in [0.1, 0.15) is 73.1 Å². The number of ether oxygens (including phenoxy) is 1. The number of halogens is 1. The number of isothiocyanates is 1. The number of rotatable bonds is 3. The van der Waals surface area contributed by atoms with Crippen molar-refractivity contribution in [2.24, 2.45) is 22.7 Å². The number of nitrogens with zero attached hydrogens (tertiary/aromatic N) is 1. The van der Waals surface area contributed by atoms with Gasteiger partial charge >= 0.3 is 0 Å². The normalized spacial score (nSPS) is 51.1. The summed E-state index contributed by atoms with van der Waals surface area (Å²) < 4.78 is 6.74. The lowest BCUT2D eigenvalue weighted by Crippen LogP contribution is -2.93. The molecule has 2 saturated carbocycles.